The molecule has 4 amide bonds. The second-order valence-corrected chi connectivity index (χ2v) is 9.13. The highest BCUT2D eigenvalue weighted by atomic mass is 19.4. The number of urea groups is 1. The third-order valence-electron chi connectivity index (χ3n) is 6.19. The summed E-state index contributed by atoms with van der Waals surface area (Å²) in [5, 5.41) is 2.74. The van der Waals surface area contributed by atoms with Gasteiger partial charge in [-0.05, 0) is 43.0 Å². The Kier molecular flexibility index (Phi) is 8.58. The van der Waals surface area contributed by atoms with Crippen LogP contribution in [-0.2, 0) is 23.6 Å². The van der Waals surface area contributed by atoms with E-state index < -0.39 is 59.0 Å². The van der Waals surface area contributed by atoms with Crippen LogP contribution in [0.3, 0.4) is 0 Å². The lowest BCUT2D eigenvalue weighted by molar-refractivity contribution is -0.143. The number of rotatable bonds is 6. The van der Waals surface area contributed by atoms with Crippen molar-refractivity contribution in [2.24, 2.45) is 5.73 Å². The van der Waals surface area contributed by atoms with Crippen molar-refractivity contribution in [3.05, 3.63) is 70.8 Å². The minimum Gasteiger partial charge on any atom is -0.368 e. The average Bonchev–Trinajstić information content (AvgIpc) is 2.82. The zero-order valence-electron chi connectivity index (χ0n) is 20.3. The van der Waals surface area contributed by atoms with E-state index in [2.05, 4.69) is 5.32 Å². The quantitative estimate of drug-likeness (QED) is 0.537. The van der Waals surface area contributed by atoms with Gasteiger partial charge in [0.1, 0.15) is 6.54 Å². The van der Waals surface area contributed by atoms with E-state index in [4.69, 9.17) is 5.73 Å². The van der Waals surface area contributed by atoms with Crippen molar-refractivity contribution < 1.29 is 40.7 Å². The van der Waals surface area contributed by atoms with E-state index in [1.807, 2.05) is 0 Å². The number of benzene rings is 2. The van der Waals surface area contributed by atoms with E-state index in [9.17, 15) is 40.7 Å². The maximum atomic E-state index is 13.4. The highest BCUT2D eigenvalue weighted by molar-refractivity contribution is 5.95. The van der Waals surface area contributed by atoms with Crippen molar-refractivity contribution in [2.75, 3.05) is 20.1 Å². The molecule has 3 rings (SSSR count). The SMILES string of the molecule is CN(CC(N)=O)C(=O)N[C@H]1CCN(C(=O)c2cc(C(F)(F)F)cc(C(F)(F)F)c2)[C@H](Cc2ccccc2)C1. The normalized spacial score (nSPS) is 18.1. The summed E-state index contributed by atoms with van der Waals surface area (Å²) in [6.45, 7) is -0.355. The second kappa shape index (κ2) is 11.3. The van der Waals surface area contributed by atoms with Gasteiger partial charge in [0.25, 0.3) is 5.91 Å². The number of nitrogens with zero attached hydrogens (tertiary/aromatic N) is 2. The van der Waals surface area contributed by atoms with Crippen LogP contribution in [0.15, 0.2) is 48.5 Å². The molecule has 0 spiro atoms. The van der Waals surface area contributed by atoms with Gasteiger partial charge in [-0.15, -0.1) is 0 Å². The molecule has 2 aromatic rings. The number of primary amides is 1. The molecular weight excluding hydrogens is 518 g/mol. The fourth-order valence-electron chi connectivity index (χ4n) is 4.36. The Hall–Kier alpha value is -3.77. The summed E-state index contributed by atoms with van der Waals surface area (Å²) in [5.74, 6) is -1.69. The molecule has 0 aromatic heterocycles. The van der Waals surface area contributed by atoms with Crippen LogP contribution < -0.4 is 11.1 Å². The number of halogens is 6. The number of alkyl halides is 6. The third kappa shape index (κ3) is 7.39. The first-order valence-electron chi connectivity index (χ1n) is 11.6. The molecule has 0 bridgehead atoms. The molecule has 0 unspecified atom stereocenters. The van der Waals surface area contributed by atoms with Gasteiger partial charge in [0.05, 0.1) is 11.1 Å². The highest BCUT2D eigenvalue weighted by Gasteiger charge is 2.39. The number of carbonyl (C=O) groups is 3. The van der Waals surface area contributed by atoms with Gasteiger partial charge in [-0.3, -0.25) is 9.59 Å². The van der Waals surface area contributed by atoms with Gasteiger partial charge < -0.3 is 20.9 Å². The van der Waals surface area contributed by atoms with Crippen LogP contribution in [0.25, 0.3) is 0 Å². The first kappa shape index (κ1) is 28.8. The van der Waals surface area contributed by atoms with E-state index in [0.717, 1.165) is 10.5 Å². The van der Waals surface area contributed by atoms with Crippen LogP contribution in [0.5, 0.6) is 0 Å². The Morgan fingerprint density at radius 2 is 1.58 bits per heavy atom. The summed E-state index contributed by atoms with van der Waals surface area (Å²) in [7, 11) is 1.37. The smallest absolute Gasteiger partial charge is 0.368 e. The van der Waals surface area contributed by atoms with E-state index in [1.54, 1.807) is 30.3 Å². The number of hydrogen-bond acceptors (Lipinski definition) is 3. The Morgan fingerprint density at radius 1 is 1.00 bits per heavy atom. The summed E-state index contributed by atoms with van der Waals surface area (Å²) < 4.78 is 80.1. The number of likely N-dealkylation sites (N-methyl/N-ethyl adjacent to an activating group) is 1. The molecular formula is C25H26F6N4O3. The molecule has 1 heterocycles. The van der Waals surface area contributed by atoms with Crippen LogP contribution in [0, 0.1) is 0 Å². The number of hydrogen-bond donors (Lipinski definition) is 2. The molecule has 2 atom stereocenters. The molecule has 38 heavy (non-hydrogen) atoms. The Morgan fingerprint density at radius 3 is 2.11 bits per heavy atom. The van der Waals surface area contributed by atoms with E-state index in [1.165, 1.54) is 11.9 Å². The summed E-state index contributed by atoms with van der Waals surface area (Å²) in [4.78, 5) is 39.2. The lowest BCUT2D eigenvalue weighted by Gasteiger charge is -2.40. The van der Waals surface area contributed by atoms with Crippen molar-refractivity contribution in [2.45, 2.75) is 43.7 Å². The van der Waals surface area contributed by atoms with Gasteiger partial charge in [-0.2, -0.15) is 26.3 Å². The average molecular weight is 544 g/mol. The molecule has 206 valence electrons. The van der Waals surface area contributed by atoms with Crippen molar-refractivity contribution in [1.29, 1.82) is 0 Å². The number of nitrogens with one attached hydrogen (secondary N) is 1. The molecule has 1 aliphatic heterocycles. The monoisotopic (exact) mass is 544 g/mol. The first-order chi connectivity index (χ1) is 17.6. The van der Waals surface area contributed by atoms with Gasteiger partial charge >= 0.3 is 18.4 Å². The van der Waals surface area contributed by atoms with Crippen molar-refractivity contribution in [3.8, 4) is 0 Å². The Balaban J connectivity index is 1.90. The van der Waals surface area contributed by atoms with E-state index in [-0.39, 0.29) is 38.4 Å². The van der Waals surface area contributed by atoms with E-state index >= 15 is 0 Å². The maximum Gasteiger partial charge on any atom is 0.416 e. The number of carbonyl (C=O) groups excluding carboxylic acids is 3. The predicted octanol–water partition coefficient (Wildman–Crippen LogP) is 4.07. The van der Waals surface area contributed by atoms with Crippen molar-refractivity contribution >= 4 is 17.8 Å². The maximum absolute atomic E-state index is 13.4. The topological polar surface area (TPSA) is 95.7 Å². The zero-order chi connectivity index (χ0) is 28.3. The number of likely N-dealkylation sites (tertiary alicyclic amines) is 1. The Bertz CT molecular complexity index is 1140. The summed E-state index contributed by atoms with van der Waals surface area (Å²) >= 11 is 0. The van der Waals surface area contributed by atoms with Gasteiger partial charge in [-0.1, -0.05) is 30.3 Å². The zero-order valence-corrected chi connectivity index (χ0v) is 20.3. The molecule has 1 saturated heterocycles. The van der Waals surface area contributed by atoms with Crippen molar-refractivity contribution in [1.82, 2.24) is 15.1 Å². The number of amides is 4. The standard InChI is InChI=1S/C25H26F6N4O3/c1-34(14-21(32)36)23(38)33-19-7-8-35(20(13-19)9-15-5-3-2-4-6-15)22(37)16-10-17(24(26,27)28)12-18(11-16)25(29,30)31/h2-6,10-12,19-20H,7-9,13-14H2,1H3,(H2,32,36)(H,33,38)/t19-,20+/m0/s1. The first-order valence-corrected chi connectivity index (χ1v) is 11.6. The minimum absolute atomic E-state index is 0.0252. The fourth-order valence-corrected chi connectivity index (χ4v) is 4.36. The molecule has 7 nitrogen and oxygen atoms in total. The van der Waals surface area contributed by atoms with Gasteiger partial charge in [0.2, 0.25) is 5.91 Å². The van der Waals surface area contributed by atoms with Gasteiger partial charge in [0, 0.05) is 31.2 Å². The molecule has 1 aliphatic rings. The lowest BCUT2D eigenvalue weighted by atomic mass is 9.91. The van der Waals surface area contributed by atoms with Gasteiger partial charge in [0.15, 0.2) is 0 Å². The summed E-state index contributed by atoms with van der Waals surface area (Å²) in [6, 6.07) is 7.95. The molecule has 13 heteroatoms. The summed E-state index contributed by atoms with van der Waals surface area (Å²) in [5.41, 5.74) is 2.02. The van der Waals surface area contributed by atoms with E-state index in [0.29, 0.717) is 12.1 Å². The third-order valence-corrected chi connectivity index (χ3v) is 6.19. The highest BCUT2D eigenvalue weighted by Crippen LogP contribution is 2.37. The van der Waals surface area contributed by atoms with Crippen LogP contribution in [0.2, 0.25) is 0 Å². The fraction of sp³-hybridized carbons (Fsp3) is 0.400. The number of nitrogens with two attached hydrogens (primary N) is 1. The molecule has 1 fully saturated rings. The lowest BCUT2D eigenvalue weighted by Crippen LogP contribution is -2.54. The van der Waals surface area contributed by atoms with Crippen LogP contribution in [-0.4, -0.2) is 59.9 Å². The van der Waals surface area contributed by atoms with Crippen LogP contribution in [0.1, 0.15) is 39.9 Å². The summed E-state index contributed by atoms with van der Waals surface area (Å²) in [6.07, 6.45) is -9.55. The molecule has 2 aromatic carbocycles. The van der Waals surface area contributed by atoms with Gasteiger partial charge in [-0.25, -0.2) is 4.79 Å². The predicted molar refractivity (Wildman–Crippen MR) is 125 cm³/mol. The van der Waals surface area contributed by atoms with Crippen LogP contribution in [0.4, 0.5) is 31.1 Å². The van der Waals surface area contributed by atoms with Crippen molar-refractivity contribution in [3.63, 3.8) is 0 Å². The molecule has 0 aliphatic carbocycles. The molecule has 3 N–H and O–H groups in total. The largest absolute Gasteiger partial charge is 0.416 e. The number of piperidine rings is 1. The minimum atomic E-state index is -5.09. The van der Waals surface area contributed by atoms with Crippen LogP contribution >= 0.6 is 0 Å². The second-order valence-electron chi connectivity index (χ2n) is 9.13. The molecule has 0 saturated carbocycles. The molecule has 0 radical (unpaired) electrons. The Labute approximate surface area is 214 Å².